The van der Waals surface area contributed by atoms with Crippen molar-refractivity contribution in [3.8, 4) is 0 Å². The summed E-state index contributed by atoms with van der Waals surface area (Å²) in [5, 5.41) is 16.8. The van der Waals surface area contributed by atoms with Gasteiger partial charge < -0.3 is 0 Å². The van der Waals surface area contributed by atoms with Gasteiger partial charge in [-0.25, -0.2) is 0 Å². The fourth-order valence-corrected chi connectivity index (χ4v) is 2.92. The van der Waals surface area contributed by atoms with E-state index in [1.807, 2.05) is 0 Å². The predicted octanol–water partition coefficient (Wildman–Crippen LogP) is 0.292. The van der Waals surface area contributed by atoms with Crippen LogP contribution in [0.1, 0.15) is 12.8 Å². The molecule has 9 heavy (non-hydrogen) atoms. The normalized spacial score (nSPS) is 10.0. The summed E-state index contributed by atoms with van der Waals surface area (Å²) >= 11 is 0.138. The zero-order valence-corrected chi connectivity index (χ0v) is 7.88. The molecule has 0 saturated heterocycles. The van der Waals surface area contributed by atoms with Gasteiger partial charge in [-0.3, -0.25) is 0 Å². The van der Waals surface area contributed by atoms with E-state index >= 15 is 0 Å². The molecule has 0 aliphatic carbocycles. The third-order valence-corrected chi connectivity index (χ3v) is 4.19. The van der Waals surface area contributed by atoms with Gasteiger partial charge in [-0.15, -0.1) is 0 Å². The average molecular weight is 246 g/mol. The summed E-state index contributed by atoms with van der Waals surface area (Å²) in [4.78, 5) is 0. The molecule has 0 aromatic rings. The minimum atomic E-state index is 0.138. The fourth-order valence-electron chi connectivity index (χ4n) is 0.435. The molecule has 3 heteroatoms. The summed E-state index contributed by atoms with van der Waals surface area (Å²) < 4.78 is 2.45. The molecule has 0 fully saturated rings. The second-order valence-corrected chi connectivity index (χ2v) is 5.26. The Morgan fingerprint density at radius 1 is 0.889 bits per heavy atom. The Hall–Kier alpha value is 0.710. The van der Waals surface area contributed by atoms with Gasteiger partial charge >= 0.3 is 66.1 Å². The Kier molecular flexibility index (Phi) is 9.40. The second-order valence-electron chi connectivity index (χ2n) is 1.77. The summed E-state index contributed by atoms with van der Waals surface area (Å²) in [6, 6.07) is 0. The maximum absolute atomic E-state index is 8.39. The number of aliphatic hydroxyl groups is 2. The first-order valence-electron chi connectivity index (χ1n) is 3.21. The van der Waals surface area contributed by atoms with Crippen LogP contribution < -0.4 is 0 Å². The predicted molar refractivity (Wildman–Crippen MR) is 38.8 cm³/mol. The molecule has 2 N–H and O–H groups in total. The Balaban J connectivity index is 2.60. The molecule has 56 valence electrons. The molecule has 0 unspecified atom stereocenters. The van der Waals surface area contributed by atoms with Gasteiger partial charge in [-0.05, 0) is 0 Å². The standard InChI is InChI=1S/C6H14O2Te/c7-3-1-5-9-6-2-4-8/h7-8H,1-6H2. The van der Waals surface area contributed by atoms with E-state index in [9.17, 15) is 0 Å². The van der Waals surface area contributed by atoms with Crippen LogP contribution in [0.5, 0.6) is 0 Å². The maximum atomic E-state index is 8.39. The van der Waals surface area contributed by atoms with Crippen molar-refractivity contribution in [2.24, 2.45) is 0 Å². The molecule has 0 saturated carbocycles. The van der Waals surface area contributed by atoms with E-state index in [0.717, 1.165) is 12.8 Å². The Labute approximate surface area is 66.4 Å². The number of hydrogen-bond acceptors (Lipinski definition) is 2. The first-order chi connectivity index (χ1) is 4.41. The average Bonchev–Trinajstić information content (AvgIpc) is 1.89. The minimum absolute atomic E-state index is 0.138. The monoisotopic (exact) mass is 248 g/mol. The molecule has 0 rings (SSSR count). The summed E-state index contributed by atoms with van der Waals surface area (Å²) in [7, 11) is 0. The van der Waals surface area contributed by atoms with Crippen molar-refractivity contribution in [1.82, 2.24) is 0 Å². The first-order valence-corrected chi connectivity index (χ1v) is 6.51. The first kappa shape index (κ1) is 9.71. The van der Waals surface area contributed by atoms with Crippen molar-refractivity contribution in [2.75, 3.05) is 13.2 Å². The van der Waals surface area contributed by atoms with Crippen molar-refractivity contribution >= 4 is 20.9 Å². The molecule has 0 aromatic heterocycles. The third kappa shape index (κ3) is 8.71. The molecule has 0 atom stereocenters. The van der Waals surface area contributed by atoms with Crippen molar-refractivity contribution in [1.29, 1.82) is 0 Å². The van der Waals surface area contributed by atoms with Crippen LogP contribution in [-0.2, 0) is 0 Å². The SMILES string of the molecule is OCCC[Te]CCCO. The van der Waals surface area contributed by atoms with Crippen LogP contribution in [0, 0.1) is 0 Å². The topological polar surface area (TPSA) is 40.5 Å². The van der Waals surface area contributed by atoms with Crippen molar-refractivity contribution in [3.05, 3.63) is 0 Å². The second kappa shape index (κ2) is 8.71. The number of hydrogen-bond donors (Lipinski definition) is 2. The van der Waals surface area contributed by atoms with Crippen LogP contribution in [0.3, 0.4) is 0 Å². The van der Waals surface area contributed by atoms with Crippen LogP contribution in [0.4, 0.5) is 0 Å². The zero-order chi connectivity index (χ0) is 6.95. The molecule has 0 aromatic carbocycles. The van der Waals surface area contributed by atoms with Crippen LogP contribution >= 0.6 is 0 Å². The van der Waals surface area contributed by atoms with Crippen molar-refractivity contribution < 1.29 is 10.2 Å². The van der Waals surface area contributed by atoms with E-state index in [2.05, 4.69) is 0 Å². The van der Waals surface area contributed by atoms with E-state index < -0.39 is 0 Å². The van der Waals surface area contributed by atoms with Crippen LogP contribution in [0.2, 0.25) is 8.94 Å². The summed E-state index contributed by atoms with van der Waals surface area (Å²) in [6.07, 6.45) is 1.93. The summed E-state index contributed by atoms with van der Waals surface area (Å²) in [5.74, 6) is 0. The Morgan fingerprint density at radius 2 is 1.33 bits per heavy atom. The summed E-state index contributed by atoms with van der Waals surface area (Å²) in [5.41, 5.74) is 0. The third-order valence-electron chi connectivity index (χ3n) is 0.894. The van der Waals surface area contributed by atoms with E-state index in [1.54, 1.807) is 0 Å². The fraction of sp³-hybridized carbons (Fsp3) is 1.00. The zero-order valence-electron chi connectivity index (χ0n) is 5.55. The van der Waals surface area contributed by atoms with E-state index in [0.29, 0.717) is 13.2 Å². The molecule has 0 radical (unpaired) electrons. The summed E-state index contributed by atoms with van der Waals surface area (Å²) in [6.45, 7) is 0.674. The quantitative estimate of drug-likeness (QED) is 0.522. The van der Waals surface area contributed by atoms with Gasteiger partial charge in [0.2, 0.25) is 0 Å². The molecule has 0 bridgehead atoms. The number of rotatable bonds is 6. The van der Waals surface area contributed by atoms with Gasteiger partial charge in [0, 0.05) is 0 Å². The molecular weight excluding hydrogens is 232 g/mol. The van der Waals surface area contributed by atoms with Crippen LogP contribution in [0.15, 0.2) is 0 Å². The molecule has 0 spiro atoms. The Bertz CT molecular complexity index is 44.3. The van der Waals surface area contributed by atoms with Gasteiger partial charge in [0.05, 0.1) is 0 Å². The van der Waals surface area contributed by atoms with Gasteiger partial charge in [0.1, 0.15) is 0 Å². The van der Waals surface area contributed by atoms with Crippen molar-refractivity contribution in [3.63, 3.8) is 0 Å². The Morgan fingerprint density at radius 3 is 1.67 bits per heavy atom. The van der Waals surface area contributed by atoms with Gasteiger partial charge in [-0.2, -0.15) is 0 Å². The van der Waals surface area contributed by atoms with Crippen molar-refractivity contribution in [2.45, 2.75) is 21.8 Å². The van der Waals surface area contributed by atoms with Gasteiger partial charge in [0.25, 0.3) is 0 Å². The number of aliphatic hydroxyl groups excluding tert-OH is 2. The molecule has 0 heterocycles. The van der Waals surface area contributed by atoms with Gasteiger partial charge in [0.15, 0.2) is 0 Å². The molecular formula is C6H14O2Te. The van der Waals surface area contributed by atoms with Gasteiger partial charge in [-0.1, -0.05) is 0 Å². The molecule has 0 aliphatic heterocycles. The molecule has 0 aliphatic rings. The van der Waals surface area contributed by atoms with Crippen LogP contribution in [0.25, 0.3) is 0 Å². The molecule has 0 amide bonds. The van der Waals surface area contributed by atoms with E-state index in [1.165, 1.54) is 8.94 Å². The van der Waals surface area contributed by atoms with E-state index in [-0.39, 0.29) is 20.9 Å². The molecule has 2 nitrogen and oxygen atoms in total. The van der Waals surface area contributed by atoms with Crippen LogP contribution in [-0.4, -0.2) is 44.3 Å². The van der Waals surface area contributed by atoms with E-state index in [4.69, 9.17) is 10.2 Å².